The maximum absolute atomic E-state index is 13.4. The van der Waals surface area contributed by atoms with E-state index in [1.807, 2.05) is 30.3 Å². The summed E-state index contributed by atoms with van der Waals surface area (Å²) in [5.74, 6) is 1.05. The Morgan fingerprint density at radius 2 is 1.71 bits per heavy atom. The third kappa shape index (κ3) is 4.20. The van der Waals surface area contributed by atoms with Gasteiger partial charge in [0.15, 0.2) is 0 Å². The maximum Gasteiger partial charge on any atom is 0.337 e. The second-order valence-corrected chi connectivity index (χ2v) is 10.0. The van der Waals surface area contributed by atoms with Gasteiger partial charge in [-0.1, -0.05) is 25.0 Å². The molecule has 3 aliphatic rings. The number of rotatable bonds is 5. The Labute approximate surface area is 201 Å². The molecule has 2 aromatic rings. The summed E-state index contributed by atoms with van der Waals surface area (Å²) in [7, 11) is 3.11. The van der Waals surface area contributed by atoms with E-state index in [1.165, 1.54) is 31.1 Å². The van der Waals surface area contributed by atoms with Crippen LogP contribution in [0.25, 0.3) is 0 Å². The topological polar surface area (TPSA) is 59.1 Å². The molecule has 1 saturated carbocycles. The number of nitrogens with zero attached hydrogens (tertiary/aromatic N) is 2. The van der Waals surface area contributed by atoms with Crippen molar-refractivity contribution in [1.82, 2.24) is 4.90 Å². The molecule has 34 heavy (non-hydrogen) atoms. The van der Waals surface area contributed by atoms with Gasteiger partial charge in [-0.15, -0.1) is 0 Å². The zero-order valence-corrected chi connectivity index (χ0v) is 20.2. The summed E-state index contributed by atoms with van der Waals surface area (Å²) in [4.78, 5) is 29.7. The second kappa shape index (κ2) is 9.41. The van der Waals surface area contributed by atoms with Crippen molar-refractivity contribution in [2.45, 2.75) is 50.5 Å². The van der Waals surface area contributed by atoms with Gasteiger partial charge in [0.2, 0.25) is 5.91 Å². The van der Waals surface area contributed by atoms with Crippen LogP contribution >= 0.6 is 0 Å². The molecule has 5 rings (SSSR count). The molecular weight excluding hydrogens is 428 g/mol. The van der Waals surface area contributed by atoms with Gasteiger partial charge >= 0.3 is 5.97 Å². The highest BCUT2D eigenvalue weighted by Crippen LogP contribution is 2.49. The van der Waals surface area contributed by atoms with Crippen LogP contribution in [0.5, 0.6) is 5.75 Å². The molecule has 6 heteroatoms. The number of carbonyl (C=O) groups is 2. The predicted octanol–water partition coefficient (Wildman–Crippen LogP) is 4.55. The van der Waals surface area contributed by atoms with Crippen molar-refractivity contribution >= 4 is 17.6 Å². The highest BCUT2D eigenvalue weighted by molar-refractivity contribution is 5.98. The van der Waals surface area contributed by atoms with Gasteiger partial charge < -0.3 is 14.4 Å². The van der Waals surface area contributed by atoms with Crippen molar-refractivity contribution in [2.75, 3.05) is 38.8 Å². The molecule has 1 amide bonds. The van der Waals surface area contributed by atoms with E-state index < -0.39 is 0 Å². The Morgan fingerprint density at radius 1 is 1.00 bits per heavy atom. The number of esters is 1. The van der Waals surface area contributed by atoms with E-state index in [4.69, 9.17) is 9.47 Å². The average Bonchev–Trinajstić information content (AvgIpc) is 3.52. The Hall–Kier alpha value is -2.86. The van der Waals surface area contributed by atoms with Crippen LogP contribution in [-0.4, -0.2) is 50.6 Å². The largest absolute Gasteiger partial charge is 0.497 e. The number of fused-ring (bicyclic) bond motifs is 2. The smallest absolute Gasteiger partial charge is 0.337 e. The highest BCUT2D eigenvalue weighted by Gasteiger charge is 2.47. The van der Waals surface area contributed by atoms with Crippen LogP contribution in [-0.2, 0) is 21.5 Å². The van der Waals surface area contributed by atoms with Crippen LogP contribution in [0.3, 0.4) is 0 Å². The van der Waals surface area contributed by atoms with E-state index in [-0.39, 0.29) is 17.3 Å². The molecule has 2 heterocycles. The van der Waals surface area contributed by atoms with Crippen LogP contribution < -0.4 is 9.64 Å². The van der Waals surface area contributed by atoms with Crippen LogP contribution in [0.15, 0.2) is 42.5 Å². The third-order valence-electron chi connectivity index (χ3n) is 8.09. The van der Waals surface area contributed by atoms with Crippen LogP contribution in [0, 0.1) is 5.92 Å². The molecule has 0 radical (unpaired) electrons. The summed E-state index contributed by atoms with van der Waals surface area (Å²) in [5.41, 5.74) is 4.12. The summed E-state index contributed by atoms with van der Waals surface area (Å²) >= 11 is 0. The molecule has 180 valence electrons. The Kier molecular flexibility index (Phi) is 6.34. The van der Waals surface area contributed by atoms with Crippen molar-refractivity contribution in [3.8, 4) is 5.75 Å². The fourth-order valence-corrected chi connectivity index (χ4v) is 6.05. The van der Waals surface area contributed by atoms with Crippen molar-refractivity contribution in [1.29, 1.82) is 0 Å². The third-order valence-corrected chi connectivity index (χ3v) is 8.09. The monoisotopic (exact) mass is 462 g/mol. The lowest BCUT2D eigenvalue weighted by Crippen LogP contribution is -2.46. The Bertz CT molecular complexity index is 1050. The quantitative estimate of drug-likeness (QED) is 0.610. The first-order valence-electron chi connectivity index (χ1n) is 12.4. The summed E-state index contributed by atoms with van der Waals surface area (Å²) in [6.07, 6.45) is 6.41. The van der Waals surface area contributed by atoms with Crippen molar-refractivity contribution in [3.63, 3.8) is 0 Å². The van der Waals surface area contributed by atoms with Crippen LogP contribution in [0.4, 0.5) is 5.69 Å². The molecule has 1 aliphatic carbocycles. The molecule has 1 spiro atoms. The first-order valence-corrected chi connectivity index (χ1v) is 12.4. The maximum atomic E-state index is 13.4. The van der Waals surface area contributed by atoms with Gasteiger partial charge in [-0.25, -0.2) is 4.79 Å². The van der Waals surface area contributed by atoms with E-state index in [9.17, 15) is 9.59 Å². The summed E-state index contributed by atoms with van der Waals surface area (Å²) in [6.45, 7) is 3.58. The number of carbonyl (C=O) groups excluding carboxylic acids is 2. The minimum atomic E-state index is -0.307. The lowest BCUT2D eigenvalue weighted by atomic mass is 9.74. The first kappa shape index (κ1) is 22.9. The molecule has 0 bridgehead atoms. The number of amides is 1. The summed E-state index contributed by atoms with van der Waals surface area (Å²) < 4.78 is 10.4. The molecule has 0 N–H and O–H groups in total. The molecule has 0 unspecified atom stereocenters. The molecule has 1 saturated heterocycles. The number of hydrogen-bond acceptors (Lipinski definition) is 5. The van der Waals surface area contributed by atoms with Gasteiger partial charge in [0.1, 0.15) is 5.75 Å². The van der Waals surface area contributed by atoms with Gasteiger partial charge in [-0.3, -0.25) is 9.69 Å². The van der Waals surface area contributed by atoms with E-state index in [2.05, 4.69) is 21.9 Å². The van der Waals surface area contributed by atoms with Crippen molar-refractivity contribution in [2.24, 2.45) is 5.92 Å². The van der Waals surface area contributed by atoms with Gasteiger partial charge in [-0.05, 0) is 80.2 Å². The molecule has 2 aliphatic heterocycles. The van der Waals surface area contributed by atoms with Gasteiger partial charge in [0.05, 0.1) is 19.8 Å². The SMILES string of the molecule is COC(=O)c1ccc(CN2CCC3(CC2)CN(C(=O)C2CCCC2)c2ccc(OC)cc23)cc1. The fourth-order valence-electron chi connectivity index (χ4n) is 6.05. The molecule has 0 aromatic heterocycles. The van der Waals surface area contributed by atoms with Crippen molar-refractivity contribution < 1.29 is 19.1 Å². The first-order chi connectivity index (χ1) is 16.5. The molecule has 6 nitrogen and oxygen atoms in total. The molecule has 2 fully saturated rings. The van der Waals surface area contributed by atoms with E-state index in [1.54, 1.807) is 7.11 Å². The van der Waals surface area contributed by atoms with E-state index >= 15 is 0 Å². The minimum absolute atomic E-state index is 0.0105. The highest BCUT2D eigenvalue weighted by atomic mass is 16.5. The normalized spacial score (nSPS) is 19.9. The summed E-state index contributed by atoms with van der Waals surface area (Å²) in [5, 5.41) is 0. The van der Waals surface area contributed by atoms with Crippen LogP contribution in [0.1, 0.15) is 60.0 Å². The average molecular weight is 463 g/mol. The number of likely N-dealkylation sites (tertiary alicyclic amines) is 1. The minimum Gasteiger partial charge on any atom is -0.497 e. The molecule has 2 aromatic carbocycles. The number of anilines is 1. The number of hydrogen-bond donors (Lipinski definition) is 0. The van der Waals surface area contributed by atoms with Gasteiger partial charge in [0, 0.05) is 30.1 Å². The lowest BCUT2D eigenvalue weighted by molar-refractivity contribution is -0.122. The van der Waals surface area contributed by atoms with Crippen LogP contribution in [0.2, 0.25) is 0 Å². The summed E-state index contributed by atoms with van der Waals surface area (Å²) in [6, 6.07) is 13.9. The zero-order valence-electron chi connectivity index (χ0n) is 20.2. The zero-order chi connectivity index (χ0) is 23.7. The predicted molar refractivity (Wildman–Crippen MR) is 131 cm³/mol. The van der Waals surface area contributed by atoms with E-state index in [0.29, 0.717) is 11.5 Å². The number of ether oxygens (including phenoxy) is 2. The lowest BCUT2D eigenvalue weighted by Gasteiger charge is -2.40. The fraction of sp³-hybridized carbons (Fsp3) is 0.500. The molecule has 0 atom stereocenters. The standard InChI is InChI=1S/C28H34N2O4/c1-33-23-11-12-25-24(17-23)28(19-30(25)26(31)21-5-3-4-6-21)13-15-29(16-14-28)18-20-7-9-22(10-8-20)27(32)34-2/h7-12,17,21H,3-6,13-16,18-19H2,1-2H3. The number of piperidine rings is 1. The van der Waals surface area contributed by atoms with Gasteiger partial charge in [0.25, 0.3) is 0 Å². The van der Waals surface area contributed by atoms with Gasteiger partial charge in [-0.2, -0.15) is 0 Å². The Balaban J connectivity index is 1.31. The number of benzene rings is 2. The Morgan fingerprint density at radius 3 is 2.35 bits per heavy atom. The van der Waals surface area contributed by atoms with E-state index in [0.717, 1.165) is 63.3 Å². The second-order valence-electron chi connectivity index (χ2n) is 10.0. The van der Waals surface area contributed by atoms with Crippen molar-refractivity contribution in [3.05, 3.63) is 59.2 Å². The molecular formula is C28H34N2O4. The number of methoxy groups -OCH3 is 2.